The van der Waals surface area contributed by atoms with Crippen LogP contribution >= 0.6 is 15.9 Å². The maximum absolute atomic E-state index is 4.42. The summed E-state index contributed by atoms with van der Waals surface area (Å²) in [5, 5.41) is 0. The van der Waals surface area contributed by atoms with E-state index in [0.29, 0.717) is 0 Å². The van der Waals surface area contributed by atoms with Gasteiger partial charge in [-0.15, -0.1) is 0 Å². The van der Waals surface area contributed by atoms with Gasteiger partial charge in [-0.1, -0.05) is 13.0 Å². The minimum atomic E-state index is 0.980. The Hall–Kier alpha value is -0.830. The number of rotatable bonds is 1. The van der Waals surface area contributed by atoms with Gasteiger partial charge in [-0.25, -0.2) is 4.98 Å². The molecule has 0 radical (unpaired) electrons. The molecule has 0 fully saturated rings. The molecule has 0 amide bonds. The van der Waals surface area contributed by atoms with Crippen molar-refractivity contribution in [1.82, 2.24) is 9.38 Å². The molecule has 3 heteroatoms. The molecule has 0 aliphatic heterocycles. The summed E-state index contributed by atoms with van der Waals surface area (Å²) in [6, 6.07) is 6.00. The zero-order chi connectivity index (χ0) is 8.55. The van der Waals surface area contributed by atoms with Crippen LogP contribution in [0.3, 0.4) is 0 Å². The Balaban J connectivity index is 2.74. The monoisotopic (exact) mass is 224 g/mol. The third-order valence-corrected chi connectivity index (χ3v) is 2.50. The second-order valence-electron chi connectivity index (χ2n) is 2.66. The van der Waals surface area contributed by atoms with Gasteiger partial charge in [0.05, 0.1) is 10.3 Å². The highest BCUT2D eigenvalue weighted by molar-refractivity contribution is 9.10. The lowest BCUT2D eigenvalue weighted by molar-refractivity contribution is 1.07. The van der Waals surface area contributed by atoms with Crippen molar-refractivity contribution >= 4 is 21.6 Å². The molecule has 2 rings (SSSR count). The first-order chi connectivity index (χ1) is 5.81. The van der Waals surface area contributed by atoms with Crippen LogP contribution in [0.25, 0.3) is 5.65 Å². The van der Waals surface area contributed by atoms with Crippen molar-refractivity contribution in [2.24, 2.45) is 0 Å². The van der Waals surface area contributed by atoms with Crippen molar-refractivity contribution in [1.29, 1.82) is 0 Å². The fourth-order valence-electron chi connectivity index (χ4n) is 1.20. The van der Waals surface area contributed by atoms with Gasteiger partial charge in [-0.2, -0.15) is 0 Å². The molecule has 2 nitrogen and oxygen atoms in total. The average Bonchev–Trinajstić information content (AvgIpc) is 2.49. The normalized spacial score (nSPS) is 10.8. The summed E-state index contributed by atoms with van der Waals surface area (Å²) in [6.07, 6.45) is 3.04. The number of nitrogens with zero attached hydrogens (tertiary/aromatic N) is 2. The second-order valence-corrected chi connectivity index (χ2v) is 3.47. The lowest BCUT2D eigenvalue weighted by Gasteiger charge is -1.93. The molecule has 0 spiro atoms. The highest BCUT2D eigenvalue weighted by Crippen LogP contribution is 2.13. The van der Waals surface area contributed by atoms with E-state index in [1.165, 1.54) is 0 Å². The molecule has 2 aromatic heterocycles. The van der Waals surface area contributed by atoms with Crippen molar-refractivity contribution in [2.45, 2.75) is 13.3 Å². The second kappa shape index (κ2) is 2.90. The Morgan fingerprint density at radius 1 is 1.50 bits per heavy atom. The molecule has 0 N–H and O–H groups in total. The molecule has 0 atom stereocenters. The zero-order valence-corrected chi connectivity index (χ0v) is 8.37. The number of halogens is 1. The van der Waals surface area contributed by atoms with E-state index in [1.807, 2.05) is 22.6 Å². The SMILES string of the molecule is CCc1cn2c(Br)cccc2n1. The molecule has 0 aromatic carbocycles. The third kappa shape index (κ3) is 1.14. The van der Waals surface area contributed by atoms with Crippen LogP contribution in [-0.2, 0) is 6.42 Å². The maximum atomic E-state index is 4.42. The fraction of sp³-hybridized carbons (Fsp3) is 0.222. The third-order valence-electron chi connectivity index (χ3n) is 1.85. The first-order valence-corrected chi connectivity index (χ1v) is 4.73. The van der Waals surface area contributed by atoms with Gasteiger partial charge in [-0.05, 0) is 34.5 Å². The Morgan fingerprint density at radius 3 is 3.00 bits per heavy atom. The minimum Gasteiger partial charge on any atom is -0.294 e. The molecule has 12 heavy (non-hydrogen) atoms. The van der Waals surface area contributed by atoms with Crippen molar-refractivity contribution < 1.29 is 0 Å². The Bertz CT molecular complexity index is 406. The van der Waals surface area contributed by atoms with Gasteiger partial charge < -0.3 is 0 Å². The number of imidazole rings is 1. The summed E-state index contributed by atoms with van der Waals surface area (Å²) in [4.78, 5) is 4.42. The van der Waals surface area contributed by atoms with Gasteiger partial charge in [-0.3, -0.25) is 4.40 Å². The predicted molar refractivity (Wildman–Crippen MR) is 52.3 cm³/mol. The molecule has 0 saturated carbocycles. The molecular formula is C9H9BrN2. The number of aromatic nitrogens is 2. The van der Waals surface area contributed by atoms with Crippen molar-refractivity contribution in [3.05, 3.63) is 34.7 Å². The highest BCUT2D eigenvalue weighted by Gasteiger charge is 2.00. The number of hydrogen-bond acceptors (Lipinski definition) is 1. The molecule has 2 heterocycles. The van der Waals surface area contributed by atoms with Crippen LogP contribution in [0.1, 0.15) is 12.6 Å². The molecule has 2 aromatic rings. The van der Waals surface area contributed by atoms with Gasteiger partial charge in [0, 0.05) is 6.20 Å². The summed E-state index contributed by atoms with van der Waals surface area (Å²) in [5.41, 5.74) is 2.13. The predicted octanol–water partition coefficient (Wildman–Crippen LogP) is 2.66. The minimum absolute atomic E-state index is 0.980. The van der Waals surface area contributed by atoms with Gasteiger partial charge in [0.2, 0.25) is 0 Å². The van der Waals surface area contributed by atoms with Crippen molar-refractivity contribution in [2.75, 3.05) is 0 Å². The standard InChI is InChI=1S/C9H9BrN2/c1-2-7-6-12-8(10)4-3-5-9(12)11-7/h3-6H,2H2,1H3. The summed E-state index contributed by atoms with van der Waals surface area (Å²) < 4.78 is 3.09. The van der Waals surface area contributed by atoms with E-state index in [4.69, 9.17) is 0 Å². The molecule has 0 saturated heterocycles. The van der Waals surface area contributed by atoms with E-state index >= 15 is 0 Å². The van der Waals surface area contributed by atoms with Crippen LogP contribution in [0.4, 0.5) is 0 Å². The van der Waals surface area contributed by atoms with Crippen molar-refractivity contribution in [3.8, 4) is 0 Å². The topological polar surface area (TPSA) is 17.3 Å². The maximum Gasteiger partial charge on any atom is 0.137 e. The number of aryl methyl sites for hydroxylation is 1. The first kappa shape index (κ1) is 7.80. The van der Waals surface area contributed by atoms with Crippen molar-refractivity contribution in [3.63, 3.8) is 0 Å². The van der Waals surface area contributed by atoms with Crippen LogP contribution < -0.4 is 0 Å². The average molecular weight is 225 g/mol. The van der Waals surface area contributed by atoms with Gasteiger partial charge in [0.1, 0.15) is 5.65 Å². The molecule has 0 aliphatic rings. The molecular weight excluding hydrogens is 216 g/mol. The first-order valence-electron chi connectivity index (χ1n) is 3.93. The number of hydrogen-bond donors (Lipinski definition) is 0. The van der Waals surface area contributed by atoms with E-state index < -0.39 is 0 Å². The quantitative estimate of drug-likeness (QED) is 0.682. The summed E-state index contributed by atoms with van der Waals surface area (Å²) in [7, 11) is 0. The smallest absolute Gasteiger partial charge is 0.137 e. The zero-order valence-electron chi connectivity index (χ0n) is 6.79. The Kier molecular flexibility index (Phi) is 1.89. The Morgan fingerprint density at radius 2 is 2.33 bits per heavy atom. The van der Waals surface area contributed by atoms with Crippen LogP contribution in [0.5, 0.6) is 0 Å². The molecule has 0 aliphatic carbocycles. The summed E-state index contributed by atoms with van der Waals surface area (Å²) in [5.74, 6) is 0. The Labute approximate surface area is 79.4 Å². The van der Waals surface area contributed by atoms with Gasteiger partial charge in [0.25, 0.3) is 0 Å². The van der Waals surface area contributed by atoms with Crippen LogP contribution in [0.2, 0.25) is 0 Å². The molecule has 0 unspecified atom stereocenters. The lowest BCUT2D eigenvalue weighted by Crippen LogP contribution is -1.82. The van der Waals surface area contributed by atoms with E-state index in [9.17, 15) is 0 Å². The summed E-state index contributed by atoms with van der Waals surface area (Å²) >= 11 is 3.46. The van der Waals surface area contributed by atoms with Gasteiger partial charge >= 0.3 is 0 Å². The lowest BCUT2D eigenvalue weighted by atomic mass is 10.4. The van der Waals surface area contributed by atoms with E-state index in [2.05, 4.69) is 34.0 Å². The highest BCUT2D eigenvalue weighted by atomic mass is 79.9. The van der Waals surface area contributed by atoms with Crippen LogP contribution in [0, 0.1) is 0 Å². The molecule has 0 bridgehead atoms. The van der Waals surface area contributed by atoms with Crippen LogP contribution in [0.15, 0.2) is 29.0 Å². The van der Waals surface area contributed by atoms with Crippen LogP contribution in [-0.4, -0.2) is 9.38 Å². The number of pyridine rings is 1. The van der Waals surface area contributed by atoms with E-state index in [0.717, 1.165) is 22.4 Å². The van der Waals surface area contributed by atoms with E-state index in [-0.39, 0.29) is 0 Å². The van der Waals surface area contributed by atoms with Gasteiger partial charge in [0.15, 0.2) is 0 Å². The summed E-state index contributed by atoms with van der Waals surface area (Å²) in [6.45, 7) is 2.11. The van der Waals surface area contributed by atoms with E-state index in [1.54, 1.807) is 0 Å². The number of fused-ring (bicyclic) bond motifs is 1. The largest absolute Gasteiger partial charge is 0.294 e. The fourth-order valence-corrected chi connectivity index (χ4v) is 1.63. The molecule has 62 valence electrons.